The Labute approximate surface area is 117 Å². The summed E-state index contributed by atoms with van der Waals surface area (Å²) in [4.78, 5) is 11.6. The monoisotopic (exact) mass is 278 g/mol. The van der Waals surface area contributed by atoms with Gasteiger partial charge in [-0.2, -0.15) is 0 Å². The molecule has 0 amide bonds. The van der Waals surface area contributed by atoms with Crippen LogP contribution in [0.5, 0.6) is 5.75 Å². The van der Waals surface area contributed by atoms with Gasteiger partial charge in [0.25, 0.3) is 0 Å². The molecule has 0 atom stereocenters. The average Bonchev–Trinajstić information content (AvgIpc) is 2.41. The van der Waals surface area contributed by atoms with Crippen molar-refractivity contribution in [1.29, 1.82) is 0 Å². The number of hydrogen-bond acceptors (Lipinski definition) is 6. The number of para-hydroxylation sites is 1. The molecule has 6 heteroatoms. The van der Waals surface area contributed by atoms with E-state index in [9.17, 15) is 9.90 Å². The SMILES string of the molecule is CCOC(=O)/C(N=Nc1ccccc1OCC)=C(/C)O. The van der Waals surface area contributed by atoms with Gasteiger partial charge in [-0.3, -0.25) is 0 Å². The fourth-order valence-electron chi connectivity index (χ4n) is 1.38. The van der Waals surface area contributed by atoms with Crippen LogP contribution in [0.3, 0.4) is 0 Å². The van der Waals surface area contributed by atoms with Crippen molar-refractivity contribution in [3.63, 3.8) is 0 Å². The molecule has 20 heavy (non-hydrogen) atoms. The summed E-state index contributed by atoms with van der Waals surface area (Å²) in [5.74, 6) is -0.413. The van der Waals surface area contributed by atoms with Crippen molar-refractivity contribution < 1.29 is 19.4 Å². The maximum atomic E-state index is 11.6. The van der Waals surface area contributed by atoms with Gasteiger partial charge < -0.3 is 14.6 Å². The quantitative estimate of drug-likeness (QED) is 0.373. The van der Waals surface area contributed by atoms with E-state index < -0.39 is 5.97 Å². The summed E-state index contributed by atoms with van der Waals surface area (Å²) in [6, 6.07) is 7.03. The first-order valence-electron chi connectivity index (χ1n) is 6.30. The molecule has 1 aromatic carbocycles. The number of carbonyl (C=O) groups excluding carboxylic acids is 1. The van der Waals surface area contributed by atoms with Crippen molar-refractivity contribution in [3.05, 3.63) is 35.7 Å². The predicted molar refractivity (Wildman–Crippen MR) is 74.1 cm³/mol. The lowest BCUT2D eigenvalue weighted by Crippen LogP contribution is -2.07. The zero-order valence-corrected chi connectivity index (χ0v) is 11.8. The summed E-state index contributed by atoms with van der Waals surface area (Å²) < 4.78 is 10.2. The Morgan fingerprint density at radius 2 is 1.95 bits per heavy atom. The van der Waals surface area contributed by atoms with Gasteiger partial charge in [-0.15, -0.1) is 10.2 Å². The minimum absolute atomic E-state index is 0.195. The molecule has 1 rings (SSSR count). The molecule has 0 saturated heterocycles. The zero-order chi connectivity index (χ0) is 15.0. The summed E-state index contributed by atoms with van der Waals surface area (Å²) >= 11 is 0. The Hall–Kier alpha value is -2.37. The third kappa shape index (κ3) is 4.38. The van der Waals surface area contributed by atoms with E-state index in [0.29, 0.717) is 18.0 Å². The first-order chi connectivity index (χ1) is 9.60. The summed E-state index contributed by atoms with van der Waals surface area (Å²) in [5.41, 5.74) is 0.246. The topological polar surface area (TPSA) is 80.5 Å². The number of aliphatic hydroxyl groups excluding tert-OH is 1. The van der Waals surface area contributed by atoms with E-state index in [0.717, 1.165) is 0 Å². The summed E-state index contributed by atoms with van der Waals surface area (Å²) in [7, 11) is 0. The third-order valence-electron chi connectivity index (χ3n) is 2.23. The molecule has 0 spiro atoms. The molecule has 6 nitrogen and oxygen atoms in total. The van der Waals surface area contributed by atoms with Crippen LogP contribution in [-0.2, 0) is 9.53 Å². The number of nitrogens with zero attached hydrogens (tertiary/aromatic N) is 2. The molecule has 0 aliphatic rings. The van der Waals surface area contributed by atoms with E-state index in [1.54, 1.807) is 25.1 Å². The van der Waals surface area contributed by atoms with E-state index in [-0.39, 0.29) is 18.1 Å². The van der Waals surface area contributed by atoms with Crippen LogP contribution in [0, 0.1) is 0 Å². The molecule has 0 aliphatic carbocycles. The lowest BCUT2D eigenvalue weighted by Gasteiger charge is -2.05. The highest BCUT2D eigenvalue weighted by molar-refractivity contribution is 5.88. The highest BCUT2D eigenvalue weighted by Gasteiger charge is 2.14. The van der Waals surface area contributed by atoms with Crippen LogP contribution in [0.15, 0.2) is 46.0 Å². The number of esters is 1. The maximum Gasteiger partial charge on any atom is 0.362 e. The molecule has 0 bridgehead atoms. The molecule has 0 heterocycles. The number of allylic oxidation sites excluding steroid dienone is 1. The lowest BCUT2D eigenvalue weighted by atomic mass is 10.3. The number of rotatable bonds is 6. The van der Waals surface area contributed by atoms with Crippen LogP contribution in [-0.4, -0.2) is 24.3 Å². The molecule has 1 aromatic rings. The Kier molecular flexibility index (Phi) is 6.22. The number of aliphatic hydroxyl groups is 1. The second-order valence-corrected chi connectivity index (χ2v) is 3.76. The third-order valence-corrected chi connectivity index (χ3v) is 2.23. The van der Waals surface area contributed by atoms with E-state index >= 15 is 0 Å². The molecule has 0 saturated carbocycles. The number of azo groups is 1. The van der Waals surface area contributed by atoms with E-state index in [4.69, 9.17) is 9.47 Å². The van der Waals surface area contributed by atoms with Crippen molar-refractivity contribution in [2.75, 3.05) is 13.2 Å². The maximum absolute atomic E-state index is 11.6. The van der Waals surface area contributed by atoms with E-state index in [1.807, 2.05) is 13.0 Å². The van der Waals surface area contributed by atoms with Crippen LogP contribution in [0.25, 0.3) is 0 Å². The molecular formula is C14H18N2O4. The predicted octanol–water partition coefficient (Wildman–Crippen LogP) is 3.52. The summed E-state index contributed by atoms with van der Waals surface area (Å²) in [5, 5.41) is 17.1. The van der Waals surface area contributed by atoms with Crippen molar-refractivity contribution in [3.8, 4) is 5.75 Å². The molecular weight excluding hydrogens is 260 g/mol. The Morgan fingerprint density at radius 3 is 2.55 bits per heavy atom. The second-order valence-electron chi connectivity index (χ2n) is 3.76. The fourth-order valence-corrected chi connectivity index (χ4v) is 1.38. The first-order valence-corrected chi connectivity index (χ1v) is 6.30. The van der Waals surface area contributed by atoms with Gasteiger partial charge in [-0.1, -0.05) is 12.1 Å². The van der Waals surface area contributed by atoms with Crippen molar-refractivity contribution in [2.24, 2.45) is 10.2 Å². The number of ether oxygens (including phenoxy) is 2. The smallest absolute Gasteiger partial charge is 0.362 e. The van der Waals surface area contributed by atoms with Gasteiger partial charge in [0, 0.05) is 0 Å². The first kappa shape index (κ1) is 15.7. The van der Waals surface area contributed by atoms with Gasteiger partial charge in [-0.05, 0) is 32.9 Å². The van der Waals surface area contributed by atoms with Gasteiger partial charge in [0.2, 0.25) is 5.70 Å². The number of carbonyl (C=O) groups is 1. The summed E-state index contributed by atoms with van der Waals surface area (Å²) in [6.07, 6.45) is 0. The van der Waals surface area contributed by atoms with Crippen LogP contribution in [0.1, 0.15) is 20.8 Å². The number of benzene rings is 1. The van der Waals surface area contributed by atoms with Crippen LogP contribution in [0.2, 0.25) is 0 Å². The summed E-state index contributed by atoms with van der Waals surface area (Å²) in [6.45, 7) is 5.56. The standard InChI is InChI=1S/C14H18N2O4/c1-4-19-12-9-7-6-8-11(12)15-16-13(10(3)17)14(18)20-5-2/h6-9,17H,4-5H2,1-3H3/b13-10+,16-15?. The number of hydrogen-bond donors (Lipinski definition) is 1. The Bertz CT molecular complexity index is 520. The molecule has 0 fully saturated rings. The normalized spacial score (nSPS) is 12.2. The Morgan fingerprint density at radius 1 is 1.25 bits per heavy atom. The minimum atomic E-state index is -0.717. The van der Waals surface area contributed by atoms with Gasteiger partial charge >= 0.3 is 5.97 Å². The van der Waals surface area contributed by atoms with Crippen molar-refractivity contribution in [1.82, 2.24) is 0 Å². The van der Waals surface area contributed by atoms with Gasteiger partial charge in [-0.25, -0.2) is 4.79 Å². The molecule has 0 aliphatic heterocycles. The second kappa shape index (κ2) is 7.93. The minimum Gasteiger partial charge on any atom is -0.510 e. The highest BCUT2D eigenvalue weighted by atomic mass is 16.5. The van der Waals surface area contributed by atoms with Crippen molar-refractivity contribution >= 4 is 11.7 Å². The van der Waals surface area contributed by atoms with Crippen LogP contribution in [0.4, 0.5) is 5.69 Å². The van der Waals surface area contributed by atoms with Crippen molar-refractivity contribution in [2.45, 2.75) is 20.8 Å². The van der Waals surface area contributed by atoms with Crippen LogP contribution >= 0.6 is 0 Å². The molecule has 0 unspecified atom stereocenters. The zero-order valence-electron chi connectivity index (χ0n) is 11.8. The molecule has 1 N–H and O–H groups in total. The van der Waals surface area contributed by atoms with Gasteiger partial charge in [0.15, 0.2) is 0 Å². The van der Waals surface area contributed by atoms with E-state index in [1.165, 1.54) is 6.92 Å². The highest BCUT2D eigenvalue weighted by Crippen LogP contribution is 2.27. The van der Waals surface area contributed by atoms with Gasteiger partial charge in [0.1, 0.15) is 17.2 Å². The average molecular weight is 278 g/mol. The van der Waals surface area contributed by atoms with Gasteiger partial charge in [0.05, 0.1) is 13.2 Å². The van der Waals surface area contributed by atoms with Crippen LogP contribution < -0.4 is 4.74 Å². The lowest BCUT2D eigenvalue weighted by molar-refractivity contribution is -0.138. The molecule has 0 aromatic heterocycles. The largest absolute Gasteiger partial charge is 0.510 e. The molecule has 0 radical (unpaired) electrons. The Balaban J connectivity index is 3.00. The molecule has 108 valence electrons. The van der Waals surface area contributed by atoms with E-state index in [2.05, 4.69) is 10.2 Å². The fraction of sp³-hybridized carbons (Fsp3) is 0.357.